The Hall–Kier alpha value is -1.66. The van der Waals surface area contributed by atoms with Crippen molar-refractivity contribution in [3.63, 3.8) is 0 Å². The highest BCUT2D eigenvalue weighted by molar-refractivity contribution is 5.48. The number of hydrogen-bond acceptors (Lipinski definition) is 5. The third-order valence-electron chi connectivity index (χ3n) is 2.98. The van der Waals surface area contributed by atoms with Crippen molar-refractivity contribution >= 4 is 5.69 Å². The summed E-state index contributed by atoms with van der Waals surface area (Å²) in [4.78, 5) is 12.8. The third-order valence-corrected chi connectivity index (χ3v) is 2.98. The minimum absolute atomic E-state index is 0.0376. The number of ether oxygens (including phenoxy) is 1. The summed E-state index contributed by atoms with van der Waals surface area (Å²) in [5.41, 5.74) is 0.937. The summed E-state index contributed by atoms with van der Waals surface area (Å²) in [6.45, 7) is 4.99. The van der Waals surface area contributed by atoms with Crippen molar-refractivity contribution in [2.45, 2.75) is 26.3 Å². The van der Waals surface area contributed by atoms with Gasteiger partial charge in [0, 0.05) is 19.2 Å². The number of nitrogens with zero attached hydrogens (tertiary/aromatic N) is 2. The van der Waals surface area contributed by atoms with E-state index in [0.29, 0.717) is 18.9 Å². The zero-order valence-electron chi connectivity index (χ0n) is 13.1. The number of nitro benzene ring substituents is 1. The molecule has 0 amide bonds. The molecule has 1 aromatic carbocycles. The monoisotopic (exact) mass is 295 g/mol. The number of nitrogens with one attached hydrogen (secondary N) is 1. The molecule has 0 saturated heterocycles. The molecule has 0 aliphatic carbocycles. The quantitative estimate of drug-likeness (QED) is 0.408. The predicted molar refractivity (Wildman–Crippen MR) is 83.8 cm³/mol. The molecule has 0 radical (unpaired) electrons. The number of benzene rings is 1. The van der Waals surface area contributed by atoms with Gasteiger partial charge in [0.15, 0.2) is 5.75 Å². The van der Waals surface area contributed by atoms with E-state index < -0.39 is 0 Å². The van der Waals surface area contributed by atoms with Gasteiger partial charge < -0.3 is 15.0 Å². The first kappa shape index (κ1) is 17.4. The van der Waals surface area contributed by atoms with Crippen molar-refractivity contribution in [2.24, 2.45) is 0 Å². The Bertz CT molecular complexity index is 450. The molecular weight excluding hydrogens is 270 g/mol. The minimum atomic E-state index is -0.384. The van der Waals surface area contributed by atoms with Crippen LogP contribution in [0.2, 0.25) is 0 Å². The lowest BCUT2D eigenvalue weighted by atomic mass is 10.2. The maximum Gasteiger partial charge on any atom is 0.311 e. The van der Waals surface area contributed by atoms with Crippen LogP contribution in [-0.2, 0) is 6.54 Å². The van der Waals surface area contributed by atoms with E-state index in [4.69, 9.17) is 4.74 Å². The maximum absolute atomic E-state index is 11.1. The Kier molecular flexibility index (Phi) is 7.71. The van der Waals surface area contributed by atoms with Gasteiger partial charge in [-0.05, 0) is 45.1 Å². The summed E-state index contributed by atoms with van der Waals surface area (Å²) in [6, 6.07) is 5.15. The van der Waals surface area contributed by atoms with E-state index >= 15 is 0 Å². The summed E-state index contributed by atoms with van der Waals surface area (Å²) in [5.74, 6) is 0.345. The van der Waals surface area contributed by atoms with Crippen LogP contribution in [0.25, 0.3) is 0 Å². The number of nitro groups is 1. The molecule has 0 aromatic heterocycles. The van der Waals surface area contributed by atoms with E-state index in [1.165, 1.54) is 0 Å². The molecule has 6 nitrogen and oxygen atoms in total. The van der Waals surface area contributed by atoms with Crippen molar-refractivity contribution < 1.29 is 9.66 Å². The highest BCUT2D eigenvalue weighted by Gasteiger charge is 2.15. The van der Waals surface area contributed by atoms with Gasteiger partial charge in [0.25, 0.3) is 0 Å². The zero-order valence-corrected chi connectivity index (χ0v) is 13.1. The normalized spacial score (nSPS) is 10.9. The summed E-state index contributed by atoms with van der Waals surface area (Å²) in [6.07, 6.45) is 1.87. The summed E-state index contributed by atoms with van der Waals surface area (Å²) < 4.78 is 5.54. The van der Waals surface area contributed by atoms with Gasteiger partial charge in [-0.2, -0.15) is 0 Å². The van der Waals surface area contributed by atoms with Gasteiger partial charge in [0.1, 0.15) is 0 Å². The topological polar surface area (TPSA) is 67.6 Å². The second kappa shape index (κ2) is 9.31. The van der Waals surface area contributed by atoms with Crippen LogP contribution in [0.1, 0.15) is 25.3 Å². The van der Waals surface area contributed by atoms with Crippen molar-refractivity contribution in [1.82, 2.24) is 10.2 Å². The van der Waals surface area contributed by atoms with Crippen LogP contribution in [0, 0.1) is 10.1 Å². The number of rotatable bonds is 10. The molecule has 118 valence electrons. The van der Waals surface area contributed by atoms with E-state index in [9.17, 15) is 10.1 Å². The first-order chi connectivity index (χ1) is 10.0. The zero-order chi connectivity index (χ0) is 15.7. The fraction of sp³-hybridized carbons (Fsp3) is 0.600. The van der Waals surface area contributed by atoms with E-state index in [1.807, 2.05) is 20.2 Å². The standard InChI is InChI=1S/C15H25N3O3/c1-4-8-16-12-13-6-7-15(14(11-13)18(19)20)21-10-5-9-17(2)3/h6-7,11,16H,4-5,8-10,12H2,1-3H3. The molecule has 0 saturated carbocycles. The number of hydrogen-bond donors (Lipinski definition) is 1. The van der Waals surface area contributed by atoms with E-state index in [-0.39, 0.29) is 10.6 Å². The summed E-state index contributed by atoms with van der Waals surface area (Å²) in [5, 5.41) is 14.4. The van der Waals surface area contributed by atoms with Crippen LogP contribution in [0.4, 0.5) is 5.69 Å². The Balaban J connectivity index is 2.64. The lowest BCUT2D eigenvalue weighted by Crippen LogP contribution is -2.16. The van der Waals surface area contributed by atoms with Gasteiger partial charge in [0.2, 0.25) is 0 Å². The van der Waals surface area contributed by atoms with Crippen molar-refractivity contribution in [2.75, 3.05) is 33.8 Å². The lowest BCUT2D eigenvalue weighted by Gasteiger charge is -2.11. The van der Waals surface area contributed by atoms with Crippen molar-refractivity contribution in [1.29, 1.82) is 0 Å². The molecule has 0 heterocycles. The molecular formula is C15H25N3O3. The van der Waals surface area contributed by atoms with E-state index in [2.05, 4.69) is 17.1 Å². The predicted octanol–water partition coefficient (Wildman–Crippen LogP) is 2.42. The van der Waals surface area contributed by atoms with Gasteiger partial charge in [-0.25, -0.2) is 0 Å². The summed E-state index contributed by atoms with van der Waals surface area (Å²) in [7, 11) is 3.97. The minimum Gasteiger partial charge on any atom is -0.487 e. The first-order valence-corrected chi connectivity index (χ1v) is 7.30. The molecule has 0 spiro atoms. The average Bonchev–Trinajstić information content (AvgIpc) is 2.44. The van der Waals surface area contributed by atoms with Crippen LogP contribution < -0.4 is 10.1 Å². The van der Waals surface area contributed by atoms with Crippen LogP contribution in [0.15, 0.2) is 18.2 Å². The van der Waals surface area contributed by atoms with Crippen molar-refractivity contribution in [3.05, 3.63) is 33.9 Å². The first-order valence-electron chi connectivity index (χ1n) is 7.30. The van der Waals surface area contributed by atoms with Gasteiger partial charge in [0.05, 0.1) is 11.5 Å². The molecule has 0 aliphatic rings. The molecule has 6 heteroatoms. The molecule has 0 unspecified atom stereocenters. The van der Waals surface area contributed by atoms with Gasteiger partial charge in [-0.3, -0.25) is 10.1 Å². The Morgan fingerprint density at radius 2 is 2.14 bits per heavy atom. The molecule has 1 N–H and O–H groups in total. The molecule has 0 atom stereocenters. The fourth-order valence-corrected chi connectivity index (χ4v) is 1.91. The van der Waals surface area contributed by atoms with Crippen molar-refractivity contribution in [3.8, 4) is 5.75 Å². The fourth-order valence-electron chi connectivity index (χ4n) is 1.91. The maximum atomic E-state index is 11.1. The molecule has 0 fully saturated rings. The van der Waals surface area contributed by atoms with Gasteiger partial charge in [-0.1, -0.05) is 13.0 Å². The lowest BCUT2D eigenvalue weighted by molar-refractivity contribution is -0.385. The van der Waals surface area contributed by atoms with Crippen LogP contribution in [0.5, 0.6) is 5.75 Å². The largest absolute Gasteiger partial charge is 0.487 e. The molecule has 0 aliphatic heterocycles. The molecule has 1 aromatic rings. The van der Waals surface area contributed by atoms with E-state index in [0.717, 1.165) is 31.5 Å². The van der Waals surface area contributed by atoms with Crippen LogP contribution in [0.3, 0.4) is 0 Å². The smallest absolute Gasteiger partial charge is 0.311 e. The van der Waals surface area contributed by atoms with E-state index in [1.54, 1.807) is 12.1 Å². The summed E-state index contributed by atoms with van der Waals surface area (Å²) >= 11 is 0. The second-order valence-corrected chi connectivity index (χ2v) is 5.24. The average molecular weight is 295 g/mol. The van der Waals surface area contributed by atoms with Gasteiger partial charge in [-0.15, -0.1) is 0 Å². The third kappa shape index (κ3) is 6.55. The SMILES string of the molecule is CCCNCc1ccc(OCCCN(C)C)c([N+](=O)[O-])c1. The van der Waals surface area contributed by atoms with Crippen LogP contribution in [-0.4, -0.2) is 43.6 Å². The molecule has 1 rings (SSSR count). The molecule has 21 heavy (non-hydrogen) atoms. The molecule has 0 bridgehead atoms. The Morgan fingerprint density at radius 1 is 1.38 bits per heavy atom. The van der Waals surface area contributed by atoms with Gasteiger partial charge >= 0.3 is 5.69 Å². The van der Waals surface area contributed by atoms with Crippen LogP contribution >= 0.6 is 0 Å². The highest BCUT2D eigenvalue weighted by Crippen LogP contribution is 2.28. The second-order valence-electron chi connectivity index (χ2n) is 5.24. The Labute approximate surface area is 126 Å². The Morgan fingerprint density at radius 3 is 2.76 bits per heavy atom. The highest BCUT2D eigenvalue weighted by atomic mass is 16.6.